The van der Waals surface area contributed by atoms with Gasteiger partial charge >= 0.3 is 0 Å². The van der Waals surface area contributed by atoms with Gasteiger partial charge in [0.25, 0.3) is 5.91 Å². The molecule has 0 spiro atoms. The number of benzene rings is 1. The highest BCUT2D eigenvalue weighted by Gasteiger charge is 2.25. The van der Waals surface area contributed by atoms with Gasteiger partial charge in [-0.15, -0.1) is 11.8 Å². The highest BCUT2D eigenvalue weighted by Crippen LogP contribution is 2.29. The molecule has 6 nitrogen and oxygen atoms in total. The van der Waals surface area contributed by atoms with E-state index in [0.717, 1.165) is 52.8 Å². The van der Waals surface area contributed by atoms with Gasteiger partial charge in [0.15, 0.2) is 0 Å². The minimum absolute atomic E-state index is 0.0664. The number of pyridine rings is 1. The summed E-state index contributed by atoms with van der Waals surface area (Å²) in [5, 5.41) is 0.972. The number of hydrogen-bond donors (Lipinski definition) is 0. The van der Waals surface area contributed by atoms with E-state index in [9.17, 15) is 4.79 Å². The van der Waals surface area contributed by atoms with Gasteiger partial charge in [-0.1, -0.05) is 31.7 Å². The lowest BCUT2D eigenvalue weighted by molar-refractivity contribution is 0.0746. The fraction of sp³-hybridized carbons (Fsp3) is 0.280. The molecule has 2 aromatic heterocycles. The average Bonchev–Trinajstić information content (AvgIpc) is 2.87. The van der Waals surface area contributed by atoms with Crippen molar-refractivity contribution < 1.29 is 4.79 Å². The average molecular weight is 446 g/mol. The maximum absolute atomic E-state index is 13.0. The first kappa shape index (κ1) is 22.0. The van der Waals surface area contributed by atoms with Crippen LogP contribution < -0.4 is 4.90 Å². The largest absolute Gasteiger partial charge is 0.352 e. The lowest BCUT2D eigenvalue weighted by Crippen LogP contribution is -2.49. The molecule has 0 bridgehead atoms. The van der Waals surface area contributed by atoms with Gasteiger partial charge in [0, 0.05) is 49.7 Å². The van der Waals surface area contributed by atoms with Crippen molar-refractivity contribution in [3.8, 4) is 11.1 Å². The fourth-order valence-electron chi connectivity index (χ4n) is 3.77. The Bertz CT molecular complexity index is 1060. The summed E-state index contributed by atoms with van der Waals surface area (Å²) in [4.78, 5) is 30.2. The number of rotatable bonds is 7. The number of thioether (sulfide) groups is 1. The van der Waals surface area contributed by atoms with Gasteiger partial charge in [-0.2, -0.15) is 0 Å². The number of nitrogens with zero attached hydrogens (tertiary/aromatic N) is 5. The number of anilines is 1. The molecule has 1 aliphatic rings. The van der Waals surface area contributed by atoms with Gasteiger partial charge < -0.3 is 9.80 Å². The van der Waals surface area contributed by atoms with Crippen LogP contribution in [0.5, 0.6) is 0 Å². The Labute approximate surface area is 193 Å². The molecule has 32 heavy (non-hydrogen) atoms. The first-order valence-electron chi connectivity index (χ1n) is 10.9. The summed E-state index contributed by atoms with van der Waals surface area (Å²) in [7, 11) is 0. The number of carbonyl (C=O) groups excluding carboxylic acids is 1. The number of piperazine rings is 1. The van der Waals surface area contributed by atoms with Crippen LogP contribution in [0.15, 0.2) is 66.7 Å². The smallest absolute Gasteiger partial charge is 0.253 e. The Morgan fingerprint density at radius 3 is 2.38 bits per heavy atom. The first-order valence-corrected chi connectivity index (χ1v) is 11.8. The van der Waals surface area contributed by atoms with Crippen LogP contribution in [0.4, 0.5) is 5.82 Å². The second kappa shape index (κ2) is 10.4. The van der Waals surface area contributed by atoms with Crippen LogP contribution in [-0.4, -0.2) is 57.7 Å². The van der Waals surface area contributed by atoms with E-state index in [1.807, 2.05) is 47.4 Å². The van der Waals surface area contributed by atoms with E-state index in [0.29, 0.717) is 18.7 Å². The predicted octanol–water partition coefficient (Wildman–Crippen LogP) is 4.65. The van der Waals surface area contributed by atoms with Gasteiger partial charge in [-0.05, 0) is 47.6 Å². The zero-order valence-electron chi connectivity index (χ0n) is 18.3. The molecule has 164 valence electrons. The van der Waals surface area contributed by atoms with Gasteiger partial charge in [0.05, 0.1) is 0 Å². The lowest BCUT2D eigenvalue weighted by atomic mass is 10.0. The zero-order valence-corrected chi connectivity index (χ0v) is 19.1. The van der Waals surface area contributed by atoms with Crippen molar-refractivity contribution in [2.24, 2.45) is 0 Å². The second-order valence-corrected chi connectivity index (χ2v) is 8.64. The standard InChI is InChI=1S/C25H27N5OS/c1-3-17-32-24-22(4-2)23(27-18-28-24)29-13-15-30(16-14-29)25(31)21-7-5-19(6-8-21)20-9-11-26-12-10-20/h4-12,18H,2-3,13-17H2,1H3. The minimum Gasteiger partial charge on any atom is -0.352 e. The summed E-state index contributed by atoms with van der Waals surface area (Å²) < 4.78 is 0. The van der Waals surface area contributed by atoms with E-state index >= 15 is 0 Å². The van der Waals surface area contributed by atoms with E-state index in [-0.39, 0.29) is 5.91 Å². The highest BCUT2D eigenvalue weighted by molar-refractivity contribution is 7.99. The van der Waals surface area contributed by atoms with Crippen molar-refractivity contribution >= 4 is 29.6 Å². The zero-order chi connectivity index (χ0) is 22.3. The van der Waals surface area contributed by atoms with Crippen LogP contribution in [0.2, 0.25) is 0 Å². The maximum Gasteiger partial charge on any atom is 0.253 e. The Balaban J connectivity index is 1.42. The SMILES string of the molecule is C=Cc1c(SCCC)ncnc1N1CCN(C(=O)c2ccc(-c3ccncc3)cc2)CC1. The first-order chi connectivity index (χ1) is 15.7. The van der Waals surface area contributed by atoms with Crippen molar-refractivity contribution in [3.05, 3.63) is 72.8 Å². The lowest BCUT2D eigenvalue weighted by Gasteiger charge is -2.36. The fourth-order valence-corrected chi connectivity index (χ4v) is 4.62. The molecular formula is C25H27N5OS. The maximum atomic E-state index is 13.0. The van der Waals surface area contributed by atoms with Crippen molar-refractivity contribution in [2.75, 3.05) is 36.8 Å². The second-order valence-electron chi connectivity index (χ2n) is 7.56. The van der Waals surface area contributed by atoms with Gasteiger partial charge in [0.1, 0.15) is 17.2 Å². The van der Waals surface area contributed by atoms with Crippen LogP contribution in [0, 0.1) is 0 Å². The van der Waals surface area contributed by atoms with E-state index < -0.39 is 0 Å². The molecule has 1 aromatic carbocycles. The van der Waals surface area contributed by atoms with Crippen LogP contribution in [0.1, 0.15) is 29.3 Å². The molecule has 7 heteroatoms. The minimum atomic E-state index is 0.0664. The van der Waals surface area contributed by atoms with Crippen LogP contribution in [0.3, 0.4) is 0 Å². The van der Waals surface area contributed by atoms with Gasteiger partial charge in [-0.3, -0.25) is 9.78 Å². The summed E-state index contributed by atoms with van der Waals surface area (Å²) >= 11 is 1.73. The van der Waals surface area contributed by atoms with Crippen molar-refractivity contribution in [1.82, 2.24) is 19.9 Å². The molecule has 1 fully saturated rings. The van der Waals surface area contributed by atoms with Crippen molar-refractivity contribution in [3.63, 3.8) is 0 Å². The van der Waals surface area contributed by atoms with Gasteiger partial charge in [-0.25, -0.2) is 9.97 Å². The number of aromatic nitrogens is 3. The Morgan fingerprint density at radius 1 is 1.03 bits per heavy atom. The topological polar surface area (TPSA) is 62.2 Å². The third-order valence-electron chi connectivity index (χ3n) is 5.49. The Kier molecular flexibility index (Phi) is 7.17. The summed E-state index contributed by atoms with van der Waals surface area (Å²) in [6.45, 7) is 8.91. The van der Waals surface area contributed by atoms with E-state index in [1.54, 1.807) is 30.5 Å². The van der Waals surface area contributed by atoms with E-state index in [4.69, 9.17) is 0 Å². The molecular weight excluding hydrogens is 418 g/mol. The molecule has 1 saturated heterocycles. The van der Waals surface area contributed by atoms with Crippen LogP contribution >= 0.6 is 11.8 Å². The Morgan fingerprint density at radius 2 is 1.72 bits per heavy atom. The van der Waals surface area contributed by atoms with Gasteiger partial charge in [0.2, 0.25) is 0 Å². The van der Waals surface area contributed by atoms with Crippen molar-refractivity contribution in [2.45, 2.75) is 18.4 Å². The number of amides is 1. The van der Waals surface area contributed by atoms with Crippen LogP contribution in [0.25, 0.3) is 17.2 Å². The molecule has 3 aromatic rings. The molecule has 0 unspecified atom stereocenters. The molecule has 0 saturated carbocycles. The molecule has 1 amide bonds. The third kappa shape index (κ3) is 4.83. The van der Waals surface area contributed by atoms with Crippen LogP contribution in [-0.2, 0) is 0 Å². The molecule has 0 radical (unpaired) electrons. The molecule has 0 N–H and O–H groups in total. The van der Waals surface area contributed by atoms with E-state index in [1.165, 1.54) is 0 Å². The number of hydrogen-bond acceptors (Lipinski definition) is 6. The molecule has 4 rings (SSSR count). The molecule has 1 aliphatic heterocycles. The predicted molar refractivity (Wildman–Crippen MR) is 131 cm³/mol. The molecule has 0 aliphatic carbocycles. The Hall–Kier alpha value is -3.19. The van der Waals surface area contributed by atoms with Crippen molar-refractivity contribution in [1.29, 1.82) is 0 Å². The summed E-state index contributed by atoms with van der Waals surface area (Å²) in [6.07, 6.45) is 8.10. The quantitative estimate of drug-likeness (QED) is 0.390. The third-order valence-corrected chi connectivity index (χ3v) is 6.70. The monoisotopic (exact) mass is 445 g/mol. The molecule has 0 atom stereocenters. The normalized spacial score (nSPS) is 13.8. The summed E-state index contributed by atoms with van der Waals surface area (Å²) in [5.41, 5.74) is 3.86. The summed E-state index contributed by atoms with van der Waals surface area (Å²) in [5.74, 6) is 1.98. The number of carbonyl (C=O) groups is 1. The summed E-state index contributed by atoms with van der Waals surface area (Å²) in [6, 6.07) is 11.7. The molecule has 3 heterocycles. The van der Waals surface area contributed by atoms with E-state index in [2.05, 4.69) is 33.4 Å². The highest BCUT2D eigenvalue weighted by atomic mass is 32.2.